The Labute approximate surface area is 263 Å². The predicted octanol–water partition coefficient (Wildman–Crippen LogP) is 10.5. The summed E-state index contributed by atoms with van der Waals surface area (Å²) in [5.41, 5.74) is 4.20. The van der Waals surface area contributed by atoms with Crippen molar-refractivity contribution >= 4 is 74.6 Å². The number of hydrogen-bond donors (Lipinski definition) is 4. The Bertz CT molecular complexity index is 1960. The molecule has 0 aliphatic rings. The van der Waals surface area contributed by atoms with Gasteiger partial charge in [-0.25, -0.2) is 0 Å². The zero-order valence-electron chi connectivity index (χ0n) is 24.7. The first kappa shape index (κ1) is 26.8. The van der Waals surface area contributed by atoms with Crippen LogP contribution in [-0.2, 0) is 0 Å². The van der Waals surface area contributed by atoms with Crippen LogP contribution in [0, 0.1) is 0 Å². The highest BCUT2D eigenvalue weighted by atomic mass is 28.4. The molecule has 4 nitrogen and oxygen atoms in total. The molecule has 8 aromatic rings. The second-order valence-electron chi connectivity index (χ2n) is 11.4. The Morgan fingerprint density at radius 1 is 0.244 bits per heavy atom. The maximum Gasteiger partial charge on any atom is 0.492 e. The van der Waals surface area contributed by atoms with Gasteiger partial charge < -0.3 is 19.9 Å². The first-order chi connectivity index (χ1) is 22.2. The molecule has 8 rings (SSSR count). The summed E-state index contributed by atoms with van der Waals surface area (Å²) >= 11 is 0. The summed E-state index contributed by atoms with van der Waals surface area (Å²) in [4.78, 5) is 16.3. The van der Waals surface area contributed by atoms with Crippen molar-refractivity contribution in [3.63, 3.8) is 0 Å². The molecular formula is C40H32N4Si. The normalized spacial score (nSPS) is 11.6. The van der Waals surface area contributed by atoms with Crippen molar-refractivity contribution in [3.8, 4) is 0 Å². The van der Waals surface area contributed by atoms with Crippen molar-refractivity contribution < 1.29 is 0 Å². The zero-order valence-corrected chi connectivity index (χ0v) is 25.7. The van der Waals surface area contributed by atoms with Crippen LogP contribution < -0.4 is 19.9 Å². The minimum absolute atomic E-state index is 1.05. The summed E-state index contributed by atoms with van der Waals surface area (Å²) in [7, 11) is -3.23. The summed E-state index contributed by atoms with van der Waals surface area (Å²) < 4.78 is 0. The van der Waals surface area contributed by atoms with E-state index in [-0.39, 0.29) is 0 Å². The van der Waals surface area contributed by atoms with Crippen LogP contribution in [0.2, 0.25) is 0 Å². The van der Waals surface area contributed by atoms with Gasteiger partial charge in [0.2, 0.25) is 0 Å². The van der Waals surface area contributed by atoms with Gasteiger partial charge in [0.15, 0.2) is 0 Å². The third-order valence-electron chi connectivity index (χ3n) is 8.45. The number of nitrogens with one attached hydrogen (secondary N) is 4. The fraction of sp³-hybridized carbons (Fsp3) is 0. The molecule has 8 aromatic carbocycles. The summed E-state index contributed by atoms with van der Waals surface area (Å²) in [6.45, 7) is 0. The van der Waals surface area contributed by atoms with E-state index in [0.29, 0.717) is 0 Å². The third-order valence-corrected chi connectivity index (χ3v) is 11.0. The maximum absolute atomic E-state index is 4.08. The highest BCUT2D eigenvalue weighted by Crippen LogP contribution is 2.33. The van der Waals surface area contributed by atoms with Crippen molar-refractivity contribution in [2.45, 2.75) is 0 Å². The Morgan fingerprint density at radius 2 is 0.467 bits per heavy atom. The van der Waals surface area contributed by atoms with E-state index >= 15 is 0 Å². The molecule has 0 spiro atoms. The van der Waals surface area contributed by atoms with Crippen molar-refractivity contribution in [1.29, 1.82) is 0 Å². The fourth-order valence-electron chi connectivity index (χ4n) is 6.33. The SMILES string of the molecule is c1ccc2c(N[Si](Nc3cccc4ccccc34)(Nc3cccc4ccccc34)Nc3cccc4ccccc34)cccc2c1. The minimum atomic E-state index is -3.23. The molecule has 45 heavy (non-hydrogen) atoms. The number of anilines is 4. The van der Waals surface area contributed by atoms with Crippen LogP contribution >= 0.6 is 0 Å². The van der Waals surface area contributed by atoms with Gasteiger partial charge in [0, 0.05) is 44.3 Å². The van der Waals surface area contributed by atoms with E-state index in [0.717, 1.165) is 44.3 Å². The van der Waals surface area contributed by atoms with Gasteiger partial charge in [-0.15, -0.1) is 0 Å². The zero-order chi connectivity index (χ0) is 30.1. The third kappa shape index (κ3) is 5.20. The first-order valence-corrected chi connectivity index (χ1v) is 17.3. The molecule has 5 heteroatoms. The molecule has 0 amide bonds. The van der Waals surface area contributed by atoms with Gasteiger partial charge >= 0.3 is 8.72 Å². The molecule has 0 unspecified atom stereocenters. The van der Waals surface area contributed by atoms with E-state index in [2.05, 4.69) is 190 Å². The van der Waals surface area contributed by atoms with Crippen molar-refractivity contribution in [2.75, 3.05) is 19.9 Å². The van der Waals surface area contributed by atoms with E-state index in [1.807, 2.05) is 0 Å². The van der Waals surface area contributed by atoms with Gasteiger partial charge in [-0.3, -0.25) is 0 Å². The van der Waals surface area contributed by atoms with Gasteiger partial charge in [-0.05, 0) is 45.8 Å². The van der Waals surface area contributed by atoms with Gasteiger partial charge in [0.1, 0.15) is 0 Å². The monoisotopic (exact) mass is 596 g/mol. The van der Waals surface area contributed by atoms with Crippen LogP contribution in [0.4, 0.5) is 22.7 Å². The summed E-state index contributed by atoms with van der Waals surface area (Å²) in [5.74, 6) is 0. The lowest BCUT2D eigenvalue weighted by molar-refractivity contribution is 1.49. The summed E-state index contributed by atoms with van der Waals surface area (Å²) in [5, 5.41) is 9.40. The van der Waals surface area contributed by atoms with Crippen molar-refractivity contribution in [1.82, 2.24) is 0 Å². The minimum Gasteiger partial charge on any atom is -0.360 e. The standard InChI is InChI=1S/C40H32N4Si/c1-5-21-33-29(13-1)17-9-25-37(33)41-45(42-38-26-10-18-30-14-2-6-22-34(30)38,43-39-27-11-19-31-15-3-7-23-35(31)39)44-40-28-12-20-32-16-4-8-24-36(32)40/h1-28,41-44H. The molecule has 0 aromatic heterocycles. The Hall–Kier alpha value is -5.78. The second-order valence-corrected chi connectivity index (χ2v) is 13.9. The number of fused-ring (bicyclic) bond motifs is 4. The molecule has 0 heterocycles. The van der Waals surface area contributed by atoms with Crippen LogP contribution in [0.3, 0.4) is 0 Å². The van der Waals surface area contributed by atoms with E-state index < -0.39 is 8.72 Å². The van der Waals surface area contributed by atoms with Gasteiger partial charge in [0.25, 0.3) is 0 Å². The second kappa shape index (κ2) is 11.4. The van der Waals surface area contributed by atoms with Crippen LogP contribution in [0.1, 0.15) is 0 Å². The molecule has 0 aliphatic heterocycles. The number of benzene rings is 8. The van der Waals surface area contributed by atoms with Crippen LogP contribution in [0.15, 0.2) is 170 Å². The Kier molecular flexibility index (Phi) is 6.78. The van der Waals surface area contributed by atoms with Crippen molar-refractivity contribution in [3.05, 3.63) is 170 Å². The molecule has 0 aliphatic carbocycles. The van der Waals surface area contributed by atoms with Gasteiger partial charge in [0.05, 0.1) is 0 Å². The molecule has 0 fully saturated rings. The van der Waals surface area contributed by atoms with Crippen LogP contribution in [0.25, 0.3) is 43.1 Å². The Balaban J connectivity index is 1.38. The van der Waals surface area contributed by atoms with E-state index in [4.69, 9.17) is 0 Å². The lowest BCUT2D eigenvalue weighted by Crippen LogP contribution is -2.66. The smallest absolute Gasteiger partial charge is 0.360 e. The first-order valence-electron chi connectivity index (χ1n) is 15.3. The fourth-order valence-corrected chi connectivity index (χ4v) is 9.20. The predicted molar refractivity (Wildman–Crippen MR) is 196 cm³/mol. The average Bonchev–Trinajstić information content (AvgIpc) is 3.09. The molecule has 0 radical (unpaired) electrons. The van der Waals surface area contributed by atoms with Crippen LogP contribution in [0.5, 0.6) is 0 Å². The number of hydrogen-bond acceptors (Lipinski definition) is 4. The van der Waals surface area contributed by atoms with Crippen LogP contribution in [-0.4, -0.2) is 8.72 Å². The molecule has 0 bridgehead atoms. The highest BCUT2D eigenvalue weighted by Gasteiger charge is 2.39. The summed E-state index contributed by atoms with van der Waals surface area (Å²) in [6, 6.07) is 60.0. The lowest BCUT2D eigenvalue weighted by atomic mass is 10.1. The Morgan fingerprint density at radius 3 is 0.733 bits per heavy atom. The maximum atomic E-state index is 4.08. The largest absolute Gasteiger partial charge is 0.492 e. The molecule has 0 atom stereocenters. The van der Waals surface area contributed by atoms with Gasteiger partial charge in [-0.2, -0.15) is 0 Å². The quantitative estimate of drug-likeness (QED) is 0.132. The molecule has 0 saturated heterocycles. The highest BCUT2D eigenvalue weighted by molar-refractivity contribution is 6.91. The molecule has 4 N–H and O–H groups in total. The van der Waals surface area contributed by atoms with E-state index in [1.165, 1.54) is 21.5 Å². The number of rotatable bonds is 8. The lowest BCUT2D eigenvalue weighted by Gasteiger charge is -2.37. The molecular weight excluding hydrogens is 565 g/mol. The average molecular weight is 597 g/mol. The van der Waals surface area contributed by atoms with E-state index in [9.17, 15) is 0 Å². The topological polar surface area (TPSA) is 48.1 Å². The molecule has 0 saturated carbocycles. The summed E-state index contributed by atoms with van der Waals surface area (Å²) in [6.07, 6.45) is 0. The molecule has 216 valence electrons. The van der Waals surface area contributed by atoms with E-state index in [1.54, 1.807) is 0 Å². The van der Waals surface area contributed by atoms with Crippen molar-refractivity contribution in [2.24, 2.45) is 0 Å². The van der Waals surface area contributed by atoms with Gasteiger partial charge in [-0.1, -0.05) is 146 Å².